The summed E-state index contributed by atoms with van der Waals surface area (Å²) in [5, 5.41) is 0. The minimum atomic E-state index is -0.720. The van der Waals surface area contributed by atoms with Crippen LogP contribution in [0.3, 0.4) is 0 Å². The van der Waals surface area contributed by atoms with Crippen LogP contribution in [-0.4, -0.2) is 9.97 Å². The van der Waals surface area contributed by atoms with E-state index >= 15 is 0 Å². The van der Waals surface area contributed by atoms with Crippen LogP contribution in [-0.2, 0) is 5.54 Å². The monoisotopic (exact) mass is 231 g/mol. The molecule has 0 saturated heterocycles. The molecule has 2 aromatic heterocycles. The first-order valence-electron chi connectivity index (χ1n) is 5.48. The van der Waals surface area contributed by atoms with E-state index in [-0.39, 0.29) is 5.82 Å². The van der Waals surface area contributed by atoms with Crippen LogP contribution >= 0.6 is 0 Å². The maximum atomic E-state index is 12.9. The summed E-state index contributed by atoms with van der Waals surface area (Å²) in [6.45, 7) is 1.97. The molecule has 0 aromatic carbocycles. The Kier molecular flexibility index (Phi) is 3.15. The minimum absolute atomic E-state index is 0.363. The van der Waals surface area contributed by atoms with E-state index < -0.39 is 5.54 Å². The van der Waals surface area contributed by atoms with Crippen LogP contribution in [0.5, 0.6) is 0 Å². The Labute approximate surface area is 99.5 Å². The van der Waals surface area contributed by atoms with Crippen molar-refractivity contribution < 1.29 is 4.39 Å². The number of nitrogens with zero attached hydrogens (tertiary/aromatic N) is 2. The quantitative estimate of drug-likeness (QED) is 0.881. The van der Waals surface area contributed by atoms with Crippen LogP contribution in [0.25, 0.3) is 0 Å². The molecule has 2 heterocycles. The average molecular weight is 231 g/mol. The molecule has 0 aliphatic rings. The third-order valence-electron chi connectivity index (χ3n) is 2.92. The molecule has 1 atom stereocenters. The largest absolute Gasteiger partial charge is 0.316 e. The fourth-order valence-electron chi connectivity index (χ4n) is 1.80. The van der Waals surface area contributed by atoms with Crippen molar-refractivity contribution in [2.24, 2.45) is 5.73 Å². The molecule has 0 amide bonds. The van der Waals surface area contributed by atoms with Crippen LogP contribution in [0.15, 0.2) is 42.9 Å². The maximum absolute atomic E-state index is 12.9. The van der Waals surface area contributed by atoms with Gasteiger partial charge < -0.3 is 5.73 Å². The number of halogens is 1. The molecule has 0 aliphatic carbocycles. The highest BCUT2D eigenvalue weighted by atomic mass is 19.1. The van der Waals surface area contributed by atoms with Crippen LogP contribution < -0.4 is 5.73 Å². The van der Waals surface area contributed by atoms with Gasteiger partial charge in [0.2, 0.25) is 0 Å². The Hall–Kier alpha value is -1.81. The summed E-state index contributed by atoms with van der Waals surface area (Å²) in [7, 11) is 0. The standard InChI is InChI=1S/C13H14FN3/c1-2-13(15,10-4-3-7-16-8-10)12-6-5-11(14)9-17-12/h3-9H,2,15H2,1H3. The van der Waals surface area contributed by atoms with E-state index in [1.807, 2.05) is 19.1 Å². The number of aromatic nitrogens is 2. The highest BCUT2D eigenvalue weighted by molar-refractivity contribution is 5.31. The number of hydrogen-bond acceptors (Lipinski definition) is 3. The summed E-state index contributed by atoms with van der Waals surface area (Å²) in [5.41, 5.74) is 7.17. The zero-order valence-corrected chi connectivity index (χ0v) is 9.60. The van der Waals surface area contributed by atoms with Crippen molar-refractivity contribution in [1.29, 1.82) is 0 Å². The maximum Gasteiger partial charge on any atom is 0.141 e. The molecule has 4 heteroatoms. The second-order valence-electron chi connectivity index (χ2n) is 3.93. The fourth-order valence-corrected chi connectivity index (χ4v) is 1.80. The van der Waals surface area contributed by atoms with Crippen molar-refractivity contribution in [3.05, 3.63) is 59.9 Å². The Morgan fingerprint density at radius 2 is 2.12 bits per heavy atom. The topological polar surface area (TPSA) is 51.8 Å². The van der Waals surface area contributed by atoms with Gasteiger partial charge >= 0.3 is 0 Å². The molecule has 2 rings (SSSR count). The Bertz CT molecular complexity index is 484. The fraction of sp³-hybridized carbons (Fsp3) is 0.231. The highest BCUT2D eigenvalue weighted by Gasteiger charge is 2.29. The third-order valence-corrected chi connectivity index (χ3v) is 2.92. The van der Waals surface area contributed by atoms with Crippen molar-refractivity contribution in [1.82, 2.24) is 9.97 Å². The molecule has 0 bridgehead atoms. The molecule has 1 unspecified atom stereocenters. The van der Waals surface area contributed by atoms with Crippen LogP contribution in [0, 0.1) is 5.82 Å². The average Bonchev–Trinajstić information content (AvgIpc) is 2.40. The lowest BCUT2D eigenvalue weighted by molar-refractivity contribution is 0.497. The van der Waals surface area contributed by atoms with Gasteiger partial charge in [-0.25, -0.2) is 4.39 Å². The second-order valence-corrected chi connectivity index (χ2v) is 3.93. The highest BCUT2D eigenvalue weighted by Crippen LogP contribution is 2.28. The van der Waals surface area contributed by atoms with Gasteiger partial charge in [-0.05, 0) is 30.2 Å². The lowest BCUT2D eigenvalue weighted by Crippen LogP contribution is -2.38. The normalized spacial score (nSPS) is 14.3. The first-order valence-corrected chi connectivity index (χ1v) is 5.48. The SMILES string of the molecule is CCC(N)(c1cccnc1)c1ccc(F)cn1. The molecular formula is C13H14FN3. The molecule has 0 radical (unpaired) electrons. The predicted molar refractivity (Wildman–Crippen MR) is 63.7 cm³/mol. The molecule has 0 aliphatic heterocycles. The van der Waals surface area contributed by atoms with E-state index in [0.717, 1.165) is 5.56 Å². The van der Waals surface area contributed by atoms with E-state index in [9.17, 15) is 4.39 Å². The van der Waals surface area contributed by atoms with E-state index in [1.54, 1.807) is 18.5 Å². The molecule has 3 nitrogen and oxygen atoms in total. The van der Waals surface area contributed by atoms with Gasteiger partial charge in [0, 0.05) is 12.4 Å². The van der Waals surface area contributed by atoms with Gasteiger partial charge in [-0.3, -0.25) is 9.97 Å². The first-order chi connectivity index (χ1) is 8.16. The summed E-state index contributed by atoms with van der Waals surface area (Å²) < 4.78 is 12.9. The Morgan fingerprint density at radius 1 is 1.29 bits per heavy atom. The van der Waals surface area contributed by atoms with E-state index in [1.165, 1.54) is 12.3 Å². The first kappa shape index (κ1) is 11.7. The number of pyridine rings is 2. The zero-order valence-electron chi connectivity index (χ0n) is 9.60. The molecule has 0 fully saturated rings. The summed E-state index contributed by atoms with van der Waals surface area (Å²) in [5.74, 6) is -0.363. The van der Waals surface area contributed by atoms with Gasteiger partial charge in [0.1, 0.15) is 5.82 Å². The molecule has 0 saturated carbocycles. The molecule has 0 spiro atoms. The van der Waals surface area contributed by atoms with Crippen LogP contribution in [0.2, 0.25) is 0 Å². The van der Waals surface area contributed by atoms with Gasteiger partial charge in [0.05, 0.1) is 17.4 Å². The lowest BCUT2D eigenvalue weighted by Gasteiger charge is -2.27. The lowest BCUT2D eigenvalue weighted by atomic mass is 9.86. The predicted octanol–water partition coefficient (Wildman–Crippen LogP) is 2.23. The van der Waals surface area contributed by atoms with Gasteiger partial charge in [-0.2, -0.15) is 0 Å². The number of nitrogens with two attached hydrogens (primary N) is 1. The van der Waals surface area contributed by atoms with Crippen LogP contribution in [0.4, 0.5) is 4.39 Å². The van der Waals surface area contributed by atoms with E-state index in [2.05, 4.69) is 9.97 Å². The molecule has 2 aromatic rings. The van der Waals surface area contributed by atoms with Gasteiger partial charge in [-0.15, -0.1) is 0 Å². The Morgan fingerprint density at radius 3 is 2.65 bits per heavy atom. The van der Waals surface area contributed by atoms with E-state index in [4.69, 9.17) is 5.73 Å². The zero-order chi connectivity index (χ0) is 12.3. The van der Waals surface area contributed by atoms with Crippen LogP contribution in [0.1, 0.15) is 24.6 Å². The van der Waals surface area contributed by atoms with Crippen molar-refractivity contribution in [3.63, 3.8) is 0 Å². The molecule has 17 heavy (non-hydrogen) atoms. The van der Waals surface area contributed by atoms with Crippen molar-refractivity contribution in [2.75, 3.05) is 0 Å². The molecule has 88 valence electrons. The number of rotatable bonds is 3. The summed E-state index contributed by atoms with van der Waals surface area (Å²) in [6, 6.07) is 6.72. The van der Waals surface area contributed by atoms with Gasteiger partial charge in [-0.1, -0.05) is 13.0 Å². The number of hydrogen-bond donors (Lipinski definition) is 1. The molecular weight excluding hydrogens is 217 g/mol. The van der Waals surface area contributed by atoms with Crippen molar-refractivity contribution in [3.8, 4) is 0 Å². The third kappa shape index (κ3) is 2.17. The summed E-state index contributed by atoms with van der Waals surface area (Å²) in [4.78, 5) is 8.13. The summed E-state index contributed by atoms with van der Waals surface area (Å²) >= 11 is 0. The Balaban J connectivity index is 2.48. The van der Waals surface area contributed by atoms with E-state index in [0.29, 0.717) is 12.1 Å². The van der Waals surface area contributed by atoms with Gasteiger partial charge in [0.15, 0.2) is 0 Å². The van der Waals surface area contributed by atoms with Gasteiger partial charge in [0.25, 0.3) is 0 Å². The van der Waals surface area contributed by atoms with Crippen molar-refractivity contribution in [2.45, 2.75) is 18.9 Å². The molecule has 2 N–H and O–H groups in total. The van der Waals surface area contributed by atoms with Crippen molar-refractivity contribution >= 4 is 0 Å². The smallest absolute Gasteiger partial charge is 0.141 e. The second kappa shape index (κ2) is 4.59. The minimum Gasteiger partial charge on any atom is -0.316 e. The summed E-state index contributed by atoms with van der Waals surface area (Å²) in [6.07, 6.45) is 5.26.